The molecule has 0 aromatic heterocycles. The van der Waals surface area contributed by atoms with E-state index in [-0.39, 0.29) is 18.1 Å². The van der Waals surface area contributed by atoms with Crippen molar-refractivity contribution < 1.29 is 18.4 Å². The highest BCUT2D eigenvalue weighted by atomic mass is 32.2. The van der Waals surface area contributed by atoms with E-state index < -0.39 is 16.1 Å². The van der Waals surface area contributed by atoms with Crippen LogP contribution in [0.2, 0.25) is 0 Å². The van der Waals surface area contributed by atoms with Gasteiger partial charge in [0.2, 0.25) is 0 Å². The van der Waals surface area contributed by atoms with Crippen molar-refractivity contribution in [2.45, 2.75) is 62.0 Å². The maximum Gasteiger partial charge on any atom is 0.157 e. The minimum atomic E-state index is -1.25. The zero-order valence-electron chi connectivity index (χ0n) is 15.3. The summed E-state index contributed by atoms with van der Waals surface area (Å²) in [5.74, 6) is -0.277. The summed E-state index contributed by atoms with van der Waals surface area (Å²) >= 11 is 0.242. The molecule has 4 nitrogen and oxygen atoms in total. The Morgan fingerprint density at radius 3 is 2.60 bits per heavy atom. The molecule has 0 radical (unpaired) electrons. The first kappa shape index (κ1) is 21.0. The van der Waals surface area contributed by atoms with E-state index in [1.54, 1.807) is 0 Å². The number of benzene rings is 1. The van der Waals surface area contributed by atoms with E-state index in [2.05, 4.69) is 4.72 Å². The van der Waals surface area contributed by atoms with Crippen molar-refractivity contribution in [2.24, 2.45) is 0 Å². The van der Waals surface area contributed by atoms with Crippen molar-refractivity contribution in [2.75, 3.05) is 19.5 Å². The van der Waals surface area contributed by atoms with E-state index in [4.69, 9.17) is 9.47 Å². The highest BCUT2D eigenvalue weighted by Gasteiger charge is 2.30. The molecule has 1 aliphatic rings. The zero-order valence-corrected chi connectivity index (χ0v) is 17.0. The van der Waals surface area contributed by atoms with Crippen molar-refractivity contribution in [3.05, 3.63) is 29.6 Å². The van der Waals surface area contributed by atoms with Gasteiger partial charge in [0.1, 0.15) is 10.6 Å². The fourth-order valence-corrected chi connectivity index (χ4v) is 3.86. The topological polar surface area (TPSA) is 53.5 Å². The Morgan fingerprint density at radius 1 is 1.32 bits per heavy atom. The van der Waals surface area contributed by atoms with E-state index in [1.807, 2.05) is 33.1 Å². The minimum absolute atomic E-state index is 0.226. The van der Waals surface area contributed by atoms with Gasteiger partial charge in [-0.2, -0.15) is 0 Å². The summed E-state index contributed by atoms with van der Waals surface area (Å²) in [6.07, 6.45) is 3.91. The Balaban J connectivity index is 2.14. The summed E-state index contributed by atoms with van der Waals surface area (Å²) in [5.41, 5.74) is 0.803. The molecular weight excluding hydrogens is 361 g/mol. The lowest BCUT2D eigenvalue weighted by Crippen LogP contribution is -2.41. The molecule has 0 aliphatic carbocycles. The quantitative estimate of drug-likeness (QED) is 0.560. The van der Waals surface area contributed by atoms with Crippen LogP contribution in [0.1, 0.15) is 51.6 Å². The molecule has 1 heterocycles. The zero-order chi connectivity index (χ0) is 18.4. The summed E-state index contributed by atoms with van der Waals surface area (Å²) in [7, 11) is 0. The number of halogens is 1. The molecule has 25 heavy (non-hydrogen) atoms. The monoisotopic (exact) mass is 389 g/mol. The molecule has 1 aromatic carbocycles. The van der Waals surface area contributed by atoms with E-state index in [9.17, 15) is 8.94 Å². The van der Waals surface area contributed by atoms with E-state index in [0.717, 1.165) is 16.9 Å². The first-order valence-corrected chi connectivity index (χ1v) is 10.9. The number of hydrogen-bond acceptors (Lipinski definition) is 5. The van der Waals surface area contributed by atoms with Crippen LogP contribution in [0.4, 0.5) is 4.39 Å². The summed E-state index contributed by atoms with van der Waals surface area (Å²) in [5, 5.41) is 0. The molecule has 0 amide bonds. The number of rotatable bonds is 7. The highest BCUT2D eigenvalue weighted by molar-refractivity contribution is 7.98. The van der Waals surface area contributed by atoms with E-state index in [0.29, 0.717) is 26.1 Å². The molecule has 7 heteroatoms. The van der Waals surface area contributed by atoms with E-state index in [1.165, 1.54) is 23.9 Å². The maximum absolute atomic E-state index is 14.0. The summed E-state index contributed by atoms with van der Waals surface area (Å²) in [4.78, 5) is 0.855. The molecule has 1 saturated heterocycles. The van der Waals surface area contributed by atoms with Gasteiger partial charge in [-0.25, -0.2) is 4.39 Å². The minimum Gasteiger partial charge on any atom is -0.598 e. The lowest BCUT2D eigenvalue weighted by molar-refractivity contribution is -0.182. The van der Waals surface area contributed by atoms with Crippen LogP contribution in [0.5, 0.6) is 0 Å². The van der Waals surface area contributed by atoms with Gasteiger partial charge in [0.15, 0.2) is 6.29 Å². The smallest absolute Gasteiger partial charge is 0.157 e. The van der Waals surface area contributed by atoms with Gasteiger partial charge in [0, 0.05) is 22.7 Å². The average molecular weight is 390 g/mol. The van der Waals surface area contributed by atoms with Crippen LogP contribution in [0, 0.1) is 5.82 Å². The summed E-state index contributed by atoms with van der Waals surface area (Å²) in [6, 6.07) is 4.75. The molecule has 0 bridgehead atoms. The Hall–Kier alpha value is -0.310. The molecule has 1 unspecified atom stereocenters. The van der Waals surface area contributed by atoms with Gasteiger partial charge in [0.05, 0.1) is 19.3 Å². The SMILES string of the molecule is CSc1cc(F)cc(C(CCC2OCCCO2)N[S@+]([O-])C(C)(C)C)c1. The second kappa shape index (κ2) is 9.58. The van der Waals surface area contributed by atoms with Gasteiger partial charge in [-0.3, -0.25) is 0 Å². The predicted octanol–water partition coefficient (Wildman–Crippen LogP) is 4.18. The number of hydrogen-bond donors (Lipinski definition) is 1. The third kappa shape index (κ3) is 6.73. The normalized spacial score (nSPS) is 19.0. The molecular formula is C18H28FNO3S2. The van der Waals surface area contributed by atoms with Crippen molar-refractivity contribution in [3.8, 4) is 0 Å². The fraction of sp³-hybridized carbons (Fsp3) is 0.667. The molecule has 1 aliphatic heterocycles. The van der Waals surface area contributed by atoms with Gasteiger partial charge in [0.25, 0.3) is 0 Å². The van der Waals surface area contributed by atoms with Crippen molar-refractivity contribution >= 4 is 23.1 Å². The molecule has 0 saturated carbocycles. The molecule has 0 spiro atoms. The summed E-state index contributed by atoms with van der Waals surface area (Å²) < 4.78 is 40.5. The van der Waals surface area contributed by atoms with Gasteiger partial charge < -0.3 is 14.0 Å². The Morgan fingerprint density at radius 2 is 2.00 bits per heavy atom. The van der Waals surface area contributed by atoms with E-state index >= 15 is 0 Å². The standard InChI is InChI=1S/C18H28FNO3S2/c1-18(2,3)25(21)20-16(6-7-17-22-8-5-9-23-17)13-10-14(19)12-15(11-13)24-4/h10-12,16-17,20H,5-9H2,1-4H3/t16?,25-/m1/s1. The molecule has 1 N–H and O–H groups in total. The van der Waals surface area contributed by atoms with Crippen LogP contribution >= 0.6 is 11.8 Å². The van der Waals surface area contributed by atoms with Crippen molar-refractivity contribution in [3.63, 3.8) is 0 Å². The van der Waals surface area contributed by atoms with Crippen molar-refractivity contribution in [1.29, 1.82) is 0 Å². The number of ether oxygens (including phenoxy) is 2. The van der Waals surface area contributed by atoms with Crippen LogP contribution in [-0.4, -0.2) is 35.1 Å². The first-order chi connectivity index (χ1) is 11.8. The first-order valence-electron chi connectivity index (χ1n) is 8.55. The average Bonchev–Trinajstić information content (AvgIpc) is 2.57. The third-order valence-corrected chi connectivity index (χ3v) is 6.24. The molecule has 2 atom stereocenters. The molecule has 2 rings (SSSR count). The fourth-order valence-electron chi connectivity index (χ4n) is 2.51. The van der Waals surface area contributed by atoms with Crippen LogP contribution < -0.4 is 4.72 Å². The Kier molecular flexibility index (Phi) is 8.04. The lowest BCUT2D eigenvalue weighted by Gasteiger charge is -2.30. The Labute approximate surface area is 157 Å². The van der Waals surface area contributed by atoms with Crippen LogP contribution in [0.15, 0.2) is 23.1 Å². The second-order valence-electron chi connectivity index (χ2n) is 7.08. The molecule has 1 fully saturated rings. The van der Waals surface area contributed by atoms with Crippen LogP contribution in [0.25, 0.3) is 0 Å². The molecule has 142 valence electrons. The van der Waals surface area contributed by atoms with Crippen LogP contribution in [0.3, 0.4) is 0 Å². The largest absolute Gasteiger partial charge is 0.598 e. The van der Waals surface area contributed by atoms with Crippen LogP contribution in [-0.2, 0) is 20.8 Å². The van der Waals surface area contributed by atoms with Gasteiger partial charge in [-0.05, 0) is 63.6 Å². The predicted molar refractivity (Wildman–Crippen MR) is 101 cm³/mol. The lowest BCUT2D eigenvalue weighted by atomic mass is 10.0. The second-order valence-corrected chi connectivity index (χ2v) is 9.96. The van der Waals surface area contributed by atoms with Gasteiger partial charge in [-0.1, -0.05) is 0 Å². The maximum atomic E-state index is 14.0. The molecule has 1 aromatic rings. The van der Waals surface area contributed by atoms with Crippen molar-refractivity contribution in [1.82, 2.24) is 4.72 Å². The van der Waals surface area contributed by atoms with Gasteiger partial charge >= 0.3 is 0 Å². The summed E-state index contributed by atoms with van der Waals surface area (Å²) in [6.45, 7) is 7.15. The number of thioether (sulfide) groups is 1. The number of nitrogens with one attached hydrogen (secondary N) is 1. The third-order valence-electron chi connectivity index (χ3n) is 3.92. The Bertz CT molecular complexity index is 548. The highest BCUT2D eigenvalue weighted by Crippen LogP contribution is 2.29. The van der Waals surface area contributed by atoms with Gasteiger partial charge in [-0.15, -0.1) is 16.5 Å².